The molecule has 1 atom stereocenters. The number of benzene rings is 1. The van der Waals surface area contributed by atoms with E-state index in [0.717, 1.165) is 36.6 Å². The molecule has 3 N–H and O–H groups in total. The molecule has 0 spiro atoms. The molecule has 0 aromatic heterocycles. The number of alkyl carbamates (subject to hydrolysis) is 1. The monoisotopic (exact) mass is 355 g/mol. The van der Waals surface area contributed by atoms with Gasteiger partial charge in [0.05, 0.1) is 19.8 Å². The van der Waals surface area contributed by atoms with Gasteiger partial charge in [0.25, 0.3) is 5.91 Å². The first-order chi connectivity index (χ1) is 11.9. The van der Waals surface area contributed by atoms with Crippen LogP contribution >= 0.6 is 0 Å². The lowest BCUT2D eigenvalue weighted by atomic mass is 10.1. The number of carbonyl (C=O) groups is 2. The Morgan fingerprint density at radius 1 is 1.24 bits per heavy atom. The second kappa shape index (κ2) is 8.77. The third-order valence-electron chi connectivity index (χ3n) is 4.70. The zero-order valence-electron chi connectivity index (χ0n) is 14.9. The average Bonchev–Trinajstić information content (AvgIpc) is 2.61. The van der Waals surface area contributed by atoms with Crippen LogP contribution in [-0.4, -0.2) is 58.4 Å². The third-order valence-corrected chi connectivity index (χ3v) is 4.70. The lowest BCUT2D eigenvalue weighted by molar-refractivity contribution is -1.02. The molecule has 1 fully saturated rings. The summed E-state index contributed by atoms with van der Waals surface area (Å²) >= 11 is 0. The number of ether oxygens (including phenoxy) is 2. The number of halogens is 1. The van der Waals surface area contributed by atoms with Crippen molar-refractivity contribution in [3.05, 3.63) is 29.6 Å². The number of rotatable bonds is 5. The standard InChI is InChI=1S/C17H24FN3O4/c1-12(16(22)19-17(23)25-3)21-8-6-20(7-9-21)11-13-10-14(18)4-5-15(13)24-2/h4-5,10,12H,6-9,11H2,1-3H3,(H,19,22,23)/p+2/t12-/m1/s1. The Bertz CT molecular complexity index is 618. The summed E-state index contributed by atoms with van der Waals surface area (Å²) in [4.78, 5) is 25.6. The molecular weight excluding hydrogens is 329 g/mol. The van der Waals surface area contributed by atoms with Gasteiger partial charge in [0, 0.05) is 0 Å². The Hall–Kier alpha value is -2.19. The molecule has 138 valence electrons. The first-order valence-electron chi connectivity index (χ1n) is 8.34. The summed E-state index contributed by atoms with van der Waals surface area (Å²) in [7, 11) is 2.80. The Labute approximate surface area is 146 Å². The first-order valence-corrected chi connectivity index (χ1v) is 8.34. The first kappa shape index (κ1) is 19.1. The van der Waals surface area contributed by atoms with E-state index < -0.39 is 6.09 Å². The van der Waals surface area contributed by atoms with Crippen LogP contribution in [0.25, 0.3) is 0 Å². The number of imide groups is 1. The predicted octanol–water partition coefficient (Wildman–Crippen LogP) is -1.61. The molecule has 1 aromatic rings. The maximum absolute atomic E-state index is 13.5. The summed E-state index contributed by atoms with van der Waals surface area (Å²) in [6, 6.07) is 4.22. The van der Waals surface area contributed by atoms with Crippen LogP contribution in [0.2, 0.25) is 0 Å². The maximum Gasteiger partial charge on any atom is 0.413 e. The van der Waals surface area contributed by atoms with Gasteiger partial charge in [-0.15, -0.1) is 0 Å². The Balaban J connectivity index is 1.88. The Kier molecular flexibility index (Phi) is 6.72. The molecule has 1 aromatic carbocycles. The van der Waals surface area contributed by atoms with Crippen molar-refractivity contribution in [3.8, 4) is 5.75 Å². The zero-order valence-corrected chi connectivity index (χ0v) is 14.9. The summed E-state index contributed by atoms with van der Waals surface area (Å²) in [6.07, 6.45) is -0.737. The molecule has 0 saturated carbocycles. The van der Waals surface area contributed by atoms with Gasteiger partial charge >= 0.3 is 6.09 Å². The fourth-order valence-electron chi connectivity index (χ4n) is 3.13. The van der Waals surface area contributed by atoms with Gasteiger partial charge in [0.2, 0.25) is 0 Å². The van der Waals surface area contributed by atoms with Gasteiger partial charge in [-0.25, -0.2) is 9.18 Å². The zero-order chi connectivity index (χ0) is 18.4. The van der Waals surface area contributed by atoms with Gasteiger partial charge in [-0.2, -0.15) is 0 Å². The van der Waals surface area contributed by atoms with Gasteiger partial charge < -0.3 is 19.3 Å². The van der Waals surface area contributed by atoms with Gasteiger partial charge in [-0.3, -0.25) is 10.1 Å². The summed E-state index contributed by atoms with van der Waals surface area (Å²) in [6.45, 7) is 5.77. The number of hydrogen-bond acceptors (Lipinski definition) is 4. The van der Waals surface area contributed by atoms with Crippen LogP contribution in [0.1, 0.15) is 12.5 Å². The number of amides is 2. The van der Waals surface area contributed by atoms with Crippen LogP contribution in [0.15, 0.2) is 18.2 Å². The summed E-state index contributed by atoms with van der Waals surface area (Å²) in [5, 5.41) is 2.21. The van der Waals surface area contributed by atoms with Crippen molar-refractivity contribution < 1.29 is 33.3 Å². The molecule has 1 saturated heterocycles. The van der Waals surface area contributed by atoms with Crippen LogP contribution in [0, 0.1) is 5.82 Å². The number of methoxy groups -OCH3 is 2. The molecule has 1 aliphatic rings. The molecule has 0 unspecified atom stereocenters. The Morgan fingerprint density at radius 2 is 1.92 bits per heavy atom. The normalized spacial score (nSPS) is 21.3. The van der Waals surface area contributed by atoms with Crippen molar-refractivity contribution in [2.45, 2.75) is 19.5 Å². The van der Waals surface area contributed by atoms with E-state index >= 15 is 0 Å². The third kappa shape index (κ3) is 5.14. The number of hydrogen-bond donors (Lipinski definition) is 3. The van der Waals surface area contributed by atoms with Crippen LogP contribution in [0.3, 0.4) is 0 Å². The molecule has 1 aliphatic heterocycles. The van der Waals surface area contributed by atoms with E-state index in [2.05, 4.69) is 10.1 Å². The van der Waals surface area contributed by atoms with E-state index in [-0.39, 0.29) is 17.8 Å². The molecule has 0 aliphatic carbocycles. The van der Waals surface area contributed by atoms with Crippen molar-refractivity contribution in [1.82, 2.24) is 5.32 Å². The summed E-state index contributed by atoms with van der Waals surface area (Å²) in [5.41, 5.74) is 0.845. The molecule has 1 heterocycles. The highest BCUT2D eigenvalue weighted by Gasteiger charge is 2.32. The van der Waals surface area contributed by atoms with Gasteiger partial charge in [0.1, 0.15) is 44.3 Å². The van der Waals surface area contributed by atoms with E-state index in [9.17, 15) is 14.0 Å². The fourth-order valence-corrected chi connectivity index (χ4v) is 3.13. The van der Waals surface area contributed by atoms with Gasteiger partial charge in [-0.1, -0.05) is 0 Å². The summed E-state index contributed by atoms with van der Waals surface area (Å²) < 4.78 is 23.2. The second-order valence-corrected chi connectivity index (χ2v) is 6.24. The fraction of sp³-hybridized carbons (Fsp3) is 0.529. The van der Waals surface area contributed by atoms with Crippen molar-refractivity contribution >= 4 is 12.0 Å². The van der Waals surface area contributed by atoms with Crippen LogP contribution in [0.4, 0.5) is 9.18 Å². The molecule has 25 heavy (non-hydrogen) atoms. The highest BCUT2D eigenvalue weighted by atomic mass is 19.1. The maximum atomic E-state index is 13.5. The minimum Gasteiger partial charge on any atom is -0.496 e. The highest BCUT2D eigenvalue weighted by Crippen LogP contribution is 2.18. The molecule has 2 rings (SSSR count). The van der Waals surface area contributed by atoms with Crippen LogP contribution in [0.5, 0.6) is 5.75 Å². The Morgan fingerprint density at radius 3 is 2.52 bits per heavy atom. The molecule has 2 amide bonds. The number of piperazine rings is 1. The largest absolute Gasteiger partial charge is 0.496 e. The molecule has 7 nitrogen and oxygen atoms in total. The van der Waals surface area contributed by atoms with Gasteiger partial charge in [0.15, 0.2) is 6.04 Å². The average molecular weight is 355 g/mol. The topological polar surface area (TPSA) is 73.5 Å². The molecule has 0 radical (unpaired) electrons. The number of carbonyl (C=O) groups excluding carboxylic acids is 2. The van der Waals surface area contributed by atoms with Crippen LogP contribution in [-0.2, 0) is 16.1 Å². The van der Waals surface area contributed by atoms with E-state index in [1.807, 2.05) is 0 Å². The minimum absolute atomic E-state index is 0.271. The molecule has 0 bridgehead atoms. The predicted molar refractivity (Wildman–Crippen MR) is 88.1 cm³/mol. The van der Waals surface area contributed by atoms with Crippen molar-refractivity contribution in [2.24, 2.45) is 0 Å². The summed E-state index contributed by atoms with van der Waals surface area (Å²) in [5.74, 6) is 0.0826. The SMILES string of the molecule is COC(=O)NC(=O)[C@@H](C)[NH+]1CC[NH+](Cc2cc(F)ccc2OC)CC1. The van der Waals surface area contributed by atoms with E-state index in [1.165, 1.54) is 24.1 Å². The molecular formula is C17H26FN3O4+2. The highest BCUT2D eigenvalue weighted by molar-refractivity contribution is 5.93. The van der Waals surface area contributed by atoms with E-state index in [0.29, 0.717) is 12.3 Å². The van der Waals surface area contributed by atoms with Crippen molar-refractivity contribution in [2.75, 3.05) is 40.4 Å². The lowest BCUT2D eigenvalue weighted by Gasteiger charge is -2.32. The van der Waals surface area contributed by atoms with E-state index in [1.54, 1.807) is 20.1 Å². The number of nitrogens with one attached hydrogen (secondary N) is 3. The van der Waals surface area contributed by atoms with Crippen LogP contribution < -0.4 is 19.9 Å². The van der Waals surface area contributed by atoms with Gasteiger partial charge in [-0.05, 0) is 25.1 Å². The van der Waals surface area contributed by atoms with E-state index in [4.69, 9.17) is 4.74 Å². The molecule has 8 heteroatoms. The number of quaternary nitrogens is 2. The minimum atomic E-state index is -0.737. The lowest BCUT2D eigenvalue weighted by Crippen LogP contribution is -3.29. The van der Waals surface area contributed by atoms with Crippen molar-refractivity contribution in [1.29, 1.82) is 0 Å². The quantitative estimate of drug-likeness (QED) is 0.594. The smallest absolute Gasteiger partial charge is 0.413 e. The van der Waals surface area contributed by atoms with Crippen molar-refractivity contribution in [3.63, 3.8) is 0 Å². The second-order valence-electron chi connectivity index (χ2n) is 6.24.